The number of carboxylic acids is 1. The van der Waals surface area contributed by atoms with Crippen LogP contribution in [-0.2, 0) is 22.5 Å². The Kier molecular flexibility index (Phi) is 4.37. The average Bonchev–Trinajstić information content (AvgIpc) is 2.76. The summed E-state index contributed by atoms with van der Waals surface area (Å²) in [4.78, 5) is 18.1. The van der Waals surface area contributed by atoms with E-state index in [9.17, 15) is 9.90 Å². The molecule has 1 fully saturated rings. The largest absolute Gasteiger partial charge is 0.481 e. The van der Waals surface area contributed by atoms with E-state index in [0.717, 1.165) is 30.1 Å². The van der Waals surface area contributed by atoms with Gasteiger partial charge in [-0.25, -0.2) is 4.98 Å². The number of ether oxygens (including phenoxy) is 1. The average molecular weight is 317 g/mol. The maximum absolute atomic E-state index is 11.2. The molecule has 1 saturated heterocycles. The molecule has 6 nitrogen and oxygen atoms in total. The van der Waals surface area contributed by atoms with Crippen LogP contribution in [0.3, 0.4) is 0 Å². The topological polar surface area (TPSA) is 67.1 Å². The van der Waals surface area contributed by atoms with Crippen molar-refractivity contribution in [3.8, 4) is 0 Å². The summed E-state index contributed by atoms with van der Waals surface area (Å²) in [7, 11) is 0. The van der Waals surface area contributed by atoms with Gasteiger partial charge in [0.1, 0.15) is 5.65 Å². The zero-order chi connectivity index (χ0) is 16.6. The van der Waals surface area contributed by atoms with Crippen LogP contribution in [0.4, 0.5) is 0 Å². The third-order valence-corrected chi connectivity index (χ3v) is 4.20. The summed E-state index contributed by atoms with van der Waals surface area (Å²) in [5.74, 6) is -0.851. The van der Waals surface area contributed by atoms with E-state index in [2.05, 4.69) is 28.1 Å². The Morgan fingerprint density at radius 3 is 2.70 bits per heavy atom. The van der Waals surface area contributed by atoms with Crippen molar-refractivity contribution >= 4 is 11.6 Å². The Bertz CT molecular complexity index is 715. The van der Waals surface area contributed by atoms with Gasteiger partial charge in [-0.05, 0) is 32.9 Å². The summed E-state index contributed by atoms with van der Waals surface area (Å²) < 4.78 is 7.86. The van der Waals surface area contributed by atoms with Crippen LogP contribution >= 0.6 is 0 Å². The van der Waals surface area contributed by atoms with Gasteiger partial charge in [0.05, 0.1) is 30.0 Å². The minimum absolute atomic E-state index is 0.0497. The molecule has 1 N–H and O–H groups in total. The fourth-order valence-corrected chi connectivity index (χ4v) is 3.45. The number of hydrogen-bond donors (Lipinski definition) is 1. The number of aliphatic carboxylic acids is 1. The third kappa shape index (κ3) is 3.38. The van der Waals surface area contributed by atoms with E-state index < -0.39 is 5.97 Å². The number of pyridine rings is 1. The second-order valence-electron chi connectivity index (χ2n) is 6.39. The lowest BCUT2D eigenvalue weighted by atomic mass is 10.2. The number of fused-ring (bicyclic) bond motifs is 1. The summed E-state index contributed by atoms with van der Waals surface area (Å²) in [6.45, 7) is 8.53. The first-order valence-corrected chi connectivity index (χ1v) is 7.99. The van der Waals surface area contributed by atoms with Gasteiger partial charge < -0.3 is 9.84 Å². The number of nitrogens with zero attached hydrogens (tertiary/aromatic N) is 3. The Balaban J connectivity index is 1.98. The Morgan fingerprint density at radius 2 is 2.04 bits per heavy atom. The number of carbonyl (C=O) groups is 1. The minimum atomic E-state index is -0.851. The van der Waals surface area contributed by atoms with Crippen LogP contribution in [0, 0.1) is 6.92 Å². The van der Waals surface area contributed by atoms with Gasteiger partial charge >= 0.3 is 5.97 Å². The summed E-state index contributed by atoms with van der Waals surface area (Å²) >= 11 is 0. The van der Waals surface area contributed by atoms with Crippen LogP contribution in [-0.4, -0.2) is 50.7 Å². The van der Waals surface area contributed by atoms with Crippen molar-refractivity contribution in [1.29, 1.82) is 0 Å². The molecule has 1 aliphatic heterocycles. The zero-order valence-corrected chi connectivity index (χ0v) is 13.8. The Morgan fingerprint density at radius 1 is 1.35 bits per heavy atom. The van der Waals surface area contributed by atoms with Gasteiger partial charge in [0.25, 0.3) is 0 Å². The lowest BCUT2D eigenvalue weighted by molar-refractivity contribution is -0.136. The molecule has 0 spiro atoms. The first kappa shape index (κ1) is 16.0. The smallest absolute Gasteiger partial charge is 0.309 e. The van der Waals surface area contributed by atoms with E-state index in [-0.39, 0.29) is 18.6 Å². The number of hydrogen-bond acceptors (Lipinski definition) is 4. The molecule has 0 amide bonds. The van der Waals surface area contributed by atoms with E-state index >= 15 is 0 Å². The number of carboxylic acid groups (broad SMARTS) is 1. The monoisotopic (exact) mass is 317 g/mol. The first-order chi connectivity index (χ1) is 10.9. The number of imidazole rings is 1. The second-order valence-corrected chi connectivity index (χ2v) is 6.39. The molecule has 6 heteroatoms. The molecular formula is C17H23N3O3. The third-order valence-electron chi connectivity index (χ3n) is 4.20. The van der Waals surface area contributed by atoms with Gasteiger partial charge in [-0.3, -0.25) is 14.1 Å². The van der Waals surface area contributed by atoms with E-state index in [0.29, 0.717) is 12.2 Å². The molecule has 124 valence electrons. The van der Waals surface area contributed by atoms with Crippen molar-refractivity contribution in [2.45, 2.75) is 45.9 Å². The van der Waals surface area contributed by atoms with E-state index in [1.54, 1.807) is 0 Å². The van der Waals surface area contributed by atoms with Gasteiger partial charge in [0.15, 0.2) is 0 Å². The number of aromatic nitrogens is 2. The van der Waals surface area contributed by atoms with Crippen molar-refractivity contribution in [1.82, 2.24) is 14.3 Å². The highest BCUT2D eigenvalue weighted by atomic mass is 16.5. The SMILES string of the molecule is Cc1cccc2nc(CC(=O)O)c(CN3CC(C)OC(C)C3)n12. The molecule has 2 unspecified atom stereocenters. The molecule has 0 saturated carbocycles. The predicted octanol–water partition coefficient (Wildman–Crippen LogP) is 1.88. The van der Waals surface area contributed by atoms with Crippen LogP contribution in [0.15, 0.2) is 18.2 Å². The summed E-state index contributed by atoms with van der Waals surface area (Å²) in [5, 5.41) is 9.19. The molecule has 2 aromatic heterocycles. The van der Waals surface area contributed by atoms with Gasteiger partial charge in [-0.2, -0.15) is 0 Å². The fraction of sp³-hybridized carbons (Fsp3) is 0.529. The maximum Gasteiger partial charge on any atom is 0.309 e. The molecule has 1 aliphatic rings. The number of morpholine rings is 1. The quantitative estimate of drug-likeness (QED) is 0.932. The molecule has 3 heterocycles. The Labute approximate surface area is 135 Å². The highest BCUT2D eigenvalue weighted by molar-refractivity contribution is 5.70. The molecule has 23 heavy (non-hydrogen) atoms. The summed E-state index contributed by atoms with van der Waals surface area (Å²) in [5.41, 5.74) is 3.50. The molecular weight excluding hydrogens is 294 g/mol. The Hall–Kier alpha value is -1.92. The van der Waals surface area contributed by atoms with Crippen LogP contribution in [0.5, 0.6) is 0 Å². The highest BCUT2D eigenvalue weighted by Gasteiger charge is 2.25. The standard InChI is InChI=1S/C17H23N3O3/c1-11-5-4-6-16-18-14(7-17(21)22)15(20(11)16)10-19-8-12(2)23-13(3)9-19/h4-6,12-13H,7-10H2,1-3H3,(H,21,22). The van der Waals surface area contributed by atoms with E-state index in [4.69, 9.17) is 4.74 Å². The molecule has 0 radical (unpaired) electrons. The molecule has 0 bridgehead atoms. The van der Waals surface area contributed by atoms with Crippen LogP contribution < -0.4 is 0 Å². The van der Waals surface area contributed by atoms with E-state index in [1.165, 1.54) is 0 Å². The van der Waals surface area contributed by atoms with Crippen LogP contribution in [0.1, 0.15) is 30.9 Å². The molecule has 0 aliphatic carbocycles. The lowest BCUT2D eigenvalue weighted by Gasteiger charge is -2.35. The molecule has 2 atom stereocenters. The van der Waals surface area contributed by atoms with Crippen molar-refractivity contribution in [3.63, 3.8) is 0 Å². The van der Waals surface area contributed by atoms with Gasteiger partial charge in [0, 0.05) is 25.3 Å². The maximum atomic E-state index is 11.2. The molecule has 3 rings (SSSR count). The fourth-order valence-electron chi connectivity index (χ4n) is 3.45. The second kappa shape index (κ2) is 6.29. The first-order valence-electron chi connectivity index (χ1n) is 7.99. The van der Waals surface area contributed by atoms with Gasteiger partial charge in [-0.1, -0.05) is 6.07 Å². The van der Waals surface area contributed by atoms with Crippen molar-refractivity contribution < 1.29 is 14.6 Å². The lowest BCUT2D eigenvalue weighted by Crippen LogP contribution is -2.45. The van der Waals surface area contributed by atoms with E-state index in [1.807, 2.05) is 25.1 Å². The van der Waals surface area contributed by atoms with Crippen LogP contribution in [0.2, 0.25) is 0 Å². The number of aryl methyl sites for hydroxylation is 1. The zero-order valence-electron chi connectivity index (χ0n) is 13.8. The molecule has 0 aromatic carbocycles. The van der Waals surface area contributed by atoms with Crippen molar-refractivity contribution in [2.24, 2.45) is 0 Å². The minimum Gasteiger partial charge on any atom is -0.481 e. The van der Waals surface area contributed by atoms with Gasteiger partial charge in [0.2, 0.25) is 0 Å². The predicted molar refractivity (Wildman–Crippen MR) is 86.6 cm³/mol. The van der Waals surface area contributed by atoms with Crippen LogP contribution in [0.25, 0.3) is 5.65 Å². The molecule has 2 aromatic rings. The highest BCUT2D eigenvalue weighted by Crippen LogP contribution is 2.20. The summed E-state index contributed by atoms with van der Waals surface area (Å²) in [6, 6.07) is 5.89. The summed E-state index contributed by atoms with van der Waals surface area (Å²) in [6.07, 6.45) is 0.315. The number of rotatable bonds is 4. The normalized spacial score (nSPS) is 22.6. The van der Waals surface area contributed by atoms with Crippen molar-refractivity contribution in [2.75, 3.05) is 13.1 Å². The van der Waals surface area contributed by atoms with Crippen molar-refractivity contribution in [3.05, 3.63) is 35.3 Å². The van der Waals surface area contributed by atoms with Gasteiger partial charge in [-0.15, -0.1) is 0 Å².